The fraction of sp³-hybridized carbons (Fsp3) is 1.00. The third-order valence-corrected chi connectivity index (χ3v) is 18.6. The molecule has 1 heteroatoms. The van der Waals surface area contributed by atoms with Crippen molar-refractivity contribution in [3.8, 4) is 0 Å². The minimum atomic E-state index is -1.60. The Hall–Kier alpha value is 0.430. The number of rotatable bonds is 35. The molecule has 0 atom stereocenters. The first-order chi connectivity index (χ1) is 20.1. The molecule has 0 aromatic heterocycles. The molecule has 0 unspecified atom stereocenters. The Morgan fingerprint density at radius 3 is 0.585 bits per heavy atom. The predicted octanol–water partition coefficient (Wildman–Crippen LogP) is 15.3. The molecule has 0 fully saturated rings. The Balaban J connectivity index is 4.53. The second-order valence-corrected chi connectivity index (χ2v) is 21.4. The molecular formula is C40H85P. The summed E-state index contributed by atoms with van der Waals surface area (Å²) in [5.41, 5.74) is 0. The third-order valence-electron chi connectivity index (χ3n) is 10.7. The number of unbranched alkanes of at least 4 members (excludes halogenated alkanes) is 25. The first-order valence-corrected chi connectivity index (χ1v) is 23.3. The van der Waals surface area contributed by atoms with E-state index in [0.29, 0.717) is 0 Å². The molecule has 0 aliphatic rings. The van der Waals surface area contributed by atoms with E-state index in [9.17, 15) is 0 Å². The van der Waals surface area contributed by atoms with E-state index in [4.69, 9.17) is 0 Å². The molecule has 0 spiro atoms. The topological polar surface area (TPSA) is 0 Å². The van der Waals surface area contributed by atoms with E-state index >= 15 is 0 Å². The fourth-order valence-electron chi connectivity index (χ4n) is 7.73. The Bertz CT molecular complexity index is 473. The van der Waals surface area contributed by atoms with Crippen molar-refractivity contribution in [3.63, 3.8) is 0 Å². The summed E-state index contributed by atoms with van der Waals surface area (Å²) in [6, 6.07) is 0. The zero-order valence-electron chi connectivity index (χ0n) is 30.2. The van der Waals surface area contributed by atoms with Crippen LogP contribution in [0.1, 0.15) is 227 Å². The molecule has 0 rings (SSSR count). The summed E-state index contributed by atoms with van der Waals surface area (Å²) < 4.78 is 0. The van der Waals surface area contributed by atoms with Crippen LogP contribution in [0.4, 0.5) is 0 Å². The van der Waals surface area contributed by atoms with Crippen molar-refractivity contribution in [2.45, 2.75) is 227 Å². The van der Waals surface area contributed by atoms with Crippen molar-refractivity contribution in [2.75, 3.05) is 30.8 Å². The van der Waals surface area contributed by atoms with E-state index in [1.165, 1.54) is 180 Å². The van der Waals surface area contributed by atoms with Gasteiger partial charge in [0.15, 0.2) is 0 Å². The molecule has 0 aliphatic heterocycles. The second-order valence-electron chi connectivity index (χ2n) is 14.7. The zero-order chi connectivity index (χ0) is 30.2. The van der Waals surface area contributed by atoms with E-state index < -0.39 is 6.60 Å². The normalized spacial score (nSPS) is 13.0. The van der Waals surface area contributed by atoms with Crippen molar-refractivity contribution in [3.05, 3.63) is 0 Å². The van der Waals surface area contributed by atoms with Gasteiger partial charge in [0.05, 0.1) is 0 Å². The zero-order valence-corrected chi connectivity index (χ0v) is 31.1. The van der Waals surface area contributed by atoms with Gasteiger partial charge in [0.25, 0.3) is 0 Å². The van der Waals surface area contributed by atoms with E-state index in [0.717, 1.165) is 0 Å². The predicted molar refractivity (Wildman–Crippen MR) is 198 cm³/mol. The Labute approximate surface area is 264 Å². The SMILES string of the molecule is CCCCCCCCCCCCCCCCCCP(CCCC)(CCCC)(CCCC)CCCCCCCCCC. The van der Waals surface area contributed by atoms with Gasteiger partial charge in [0.1, 0.15) is 0 Å². The first kappa shape index (κ1) is 41.4. The average molecular weight is 597 g/mol. The summed E-state index contributed by atoms with van der Waals surface area (Å²) in [7, 11) is 0. The minimum absolute atomic E-state index is 1.37. The summed E-state index contributed by atoms with van der Waals surface area (Å²) in [6.45, 7) is 10.4. The molecule has 0 N–H and O–H groups in total. The summed E-state index contributed by atoms with van der Waals surface area (Å²) in [5.74, 6) is 0. The van der Waals surface area contributed by atoms with Gasteiger partial charge in [-0.3, -0.25) is 0 Å². The van der Waals surface area contributed by atoms with E-state index in [1.807, 2.05) is 0 Å². The summed E-state index contributed by atoms with van der Waals surface area (Å²) in [5, 5.41) is 0. The monoisotopic (exact) mass is 597 g/mol. The molecule has 0 radical (unpaired) electrons. The Morgan fingerprint density at radius 1 is 0.195 bits per heavy atom. The van der Waals surface area contributed by atoms with Crippen LogP contribution in [0.15, 0.2) is 0 Å². The van der Waals surface area contributed by atoms with Gasteiger partial charge < -0.3 is 0 Å². The molecule has 41 heavy (non-hydrogen) atoms. The maximum atomic E-state index is 2.45. The molecule has 0 bridgehead atoms. The Morgan fingerprint density at radius 2 is 0.366 bits per heavy atom. The molecule has 0 saturated carbocycles. The molecule has 0 aromatic carbocycles. The molecule has 250 valence electrons. The molecule has 0 amide bonds. The Kier molecular flexibility index (Phi) is 30.8. The molecular weight excluding hydrogens is 511 g/mol. The van der Waals surface area contributed by atoms with Gasteiger partial charge in [0, 0.05) is 0 Å². The van der Waals surface area contributed by atoms with Gasteiger partial charge in [-0.25, -0.2) is 0 Å². The van der Waals surface area contributed by atoms with E-state index in [2.05, 4.69) is 34.6 Å². The van der Waals surface area contributed by atoms with Crippen molar-refractivity contribution in [1.82, 2.24) is 0 Å². The van der Waals surface area contributed by atoms with Crippen LogP contribution in [0.3, 0.4) is 0 Å². The van der Waals surface area contributed by atoms with Crippen LogP contribution in [-0.4, -0.2) is 30.8 Å². The van der Waals surface area contributed by atoms with Gasteiger partial charge >= 0.3 is 226 Å². The van der Waals surface area contributed by atoms with Gasteiger partial charge in [-0.1, -0.05) is 39.0 Å². The van der Waals surface area contributed by atoms with Crippen LogP contribution in [-0.2, 0) is 0 Å². The van der Waals surface area contributed by atoms with E-state index in [-0.39, 0.29) is 0 Å². The van der Waals surface area contributed by atoms with Crippen LogP contribution in [0.5, 0.6) is 0 Å². The van der Waals surface area contributed by atoms with Crippen LogP contribution in [0, 0.1) is 0 Å². The van der Waals surface area contributed by atoms with Crippen LogP contribution < -0.4 is 0 Å². The standard InChI is InChI=1S/C40H85P/c1-6-11-16-18-20-22-23-24-25-26-27-28-29-31-33-35-40-41(36-13-8-3,37-14-9-4,38-15-10-5)39-34-32-30-21-19-17-12-7-2/h6-40H2,1-5H3. The van der Waals surface area contributed by atoms with Gasteiger partial charge in [-0.15, -0.1) is 0 Å². The average Bonchev–Trinajstić information content (AvgIpc) is 2.99. The van der Waals surface area contributed by atoms with Crippen LogP contribution >= 0.6 is 6.60 Å². The molecule has 0 saturated heterocycles. The third kappa shape index (κ3) is 23.5. The van der Waals surface area contributed by atoms with Crippen molar-refractivity contribution in [2.24, 2.45) is 0 Å². The summed E-state index contributed by atoms with van der Waals surface area (Å²) >= 11 is 0. The first-order valence-electron chi connectivity index (χ1n) is 20.1. The summed E-state index contributed by atoms with van der Waals surface area (Å²) in [4.78, 5) is 0. The molecule has 0 heterocycles. The molecule has 0 aliphatic carbocycles. The van der Waals surface area contributed by atoms with E-state index in [1.54, 1.807) is 43.7 Å². The van der Waals surface area contributed by atoms with Crippen molar-refractivity contribution >= 4 is 6.60 Å². The maximum absolute atomic E-state index is 2.45. The van der Waals surface area contributed by atoms with Crippen molar-refractivity contribution < 1.29 is 0 Å². The quantitative estimate of drug-likeness (QED) is 0.0504. The number of hydrogen-bond acceptors (Lipinski definition) is 0. The van der Waals surface area contributed by atoms with Crippen LogP contribution in [0.2, 0.25) is 0 Å². The van der Waals surface area contributed by atoms with Crippen LogP contribution in [0.25, 0.3) is 0 Å². The molecule has 0 aromatic rings. The summed E-state index contributed by atoms with van der Waals surface area (Å²) in [6.07, 6.45) is 52.7. The second kappa shape index (κ2) is 30.5. The van der Waals surface area contributed by atoms with Crippen molar-refractivity contribution in [1.29, 1.82) is 0 Å². The van der Waals surface area contributed by atoms with Gasteiger partial charge in [0.2, 0.25) is 0 Å². The number of hydrogen-bond donors (Lipinski definition) is 0. The van der Waals surface area contributed by atoms with Gasteiger partial charge in [-0.2, -0.15) is 0 Å². The molecule has 0 nitrogen and oxygen atoms in total. The fourth-order valence-corrected chi connectivity index (χ4v) is 15.8. The van der Waals surface area contributed by atoms with Gasteiger partial charge in [-0.05, 0) is 0 Å².